The Balaban J connectivity index is 1.83. The second-order valence-corrected chi connectivity index (χ2v) is 7.90. The molecular formula is C21H22N4O3S. The fraction of sp³-hybridized carbons (Fsp3) is 0.286. The average molecular weight is 410 g/mol. The second kappa shape index (κ2) is 9.47. The van der Waals surface area contributed by atoms with Gasteiger partial charge in [0, 0.05) is 17.7 Å². The van der Waals surface area contributed by atoms with Gasteiger partial charge in [-0.1, -0.05) is 61.5 Å². The molecule has 0 unspecified atom stereocenters. The molecule has 2 aromatic rings. The van der Waals surface area contributed by atoms with Crippen molar-refractivity contribution in [3.05, 3.63) is 75.3 Å². The van der Waals surface area contributed by atoms with Gasteiger partial charge in [0.15, 0.2) is 5.17 Å². The Labute approximate surface area is 173 Å². The van der Waals surface area contributed by atoms with Gasteiger partial charge in [0.25, 0.3) is 5.69 Å². The highest BCUT2D eigenvalue weighted by Gasteiger charge is 2.37. The van der Waals surface area contributed by atoms with E-state index in [-0.39, 0.29) is 16.8 Å². The lowest BCUT2D eigenvalue weighted by Gasteiger charge is -2.17. The molecule has 1 fully saturated rings. The highest BCUT2D eigenvalue weighted by molar-refractivity contribution is 8.15. The highest BCUT2D eigenvalue weighted by Crippen LogP contribution is 2.32. The van der Waals surface area contributed by atoms with Crippen LogP contribution < -0.4 is 0 Å². The van der Waals surface area contributed by atoms with E-state index in [0.29, 0.717) is 17.3 Å². The first-order valence-corrected chi connectivity index (χ1v) is 10.3. The monoisotopic (exact) mass is 410 g/mol. The molecule has 0 saturated carbocycles. The third-order valence-electron chi connectivity index (χ3n) is 4.59. The number of aryl methyl sites for hydroxylation is 1. The quantitative estimate of drug-likeness (QED) is 0.381. The van der Waals surface area contributed by atoms with Gasteiger partial charge in [0.2, 0.25) is 5.91 Å². The number of thioether (sulfide) groups is 1. The number of nitro groups is 1. The maximum atomic E-state index is 12.9. The number of nitrogens with zero attached hydrogens (tertiary/aromatic N) is 4. The minimum Gasteiger partial charge on any atom is -0.284 e. The zero-order valence-electron chi connectivity index (χ0n) is 16.3. The summed E-state index contributed by atoms with van der Waals surface area (Å²) in [6, 6.07) is 14.1. The van der Waals surface area contributed by atoms with Crippen LogP contribution in [0.1, 0.15) is 36.5 Å². The first-order chi connectivity index (χ1) is 14.0. The van der Waals surface area contributed by atoms with Crippen LogP contribution in [0.5, 0.6) is 0 Å². The van der Waals surface area contributed by atoms with Crippen LogP contribution in [0.3, 0.4) is 0 Å². The maximum absolute atomic E-state index is 12.9. The summed E-state index contributed by atoms with van der Waals surface area (Å²) >= 11 is 1.42. The summed E-state index contributed by atoms with van der Waals surface area (Å²) in [6.07, 6.45) is 3.15. The molecule has 8 heteroatoms. The summed E-state index contributed by atoms with van der Waals surface area (Å²) in [5.74, 6) is 0.0457. The normalized spacial score (nSPS) is 18.1. The van der Waals surface area contributed by atoms with Crippen molar-refractivity contribution in [1.29, 1.82) is 0 Å². The van der Waals surface area contributed by atoms with Crippen molar-refractivity contribution in [2.24, 2.45) is 10.2 Å². The SMILES string of the molecule is CCC[C@@H]1S/C(=N\N=C/c2cccc([N+](=O)[O-])c2)N(Cc2ccccc2C)C1=O. The van der Waals surface area contributed by atoms with Gasteiger partial charge in [-0.3, -0.25) is 19.8 Å². The number of carbonyl (C=O) groups is 1. The van der Waals surface area contributed by atoms with Crippen molar-refractivity contribution >= 4 is 34.7 Å². The molecule has 0 bridgehead atoms. The van der Waals surface area contributed by atoms with Crippen LogP contribution in [0.2, 0.25) is 0 Å². The lowest BCUT2D eigenvalue weighted by Crippen LogP contribution is -2.31. The molecule has 3 rings (SSSR count). The summed E-state index contributed by atoms with van der Waals surface area (Å²) in [6.45, 7) is 4.52. The predicted molar refractivity (Wildman–Crippen MR) is 116 cm³/mol. The van der Waals surface area contributed by atoms with Crippen molar-refractivity contribution < 1.29 is 9.72 Å². The van der Waals surface area contributed by atoms with E-state index in [9.17, 15) is 14.9 Å². The molecule has 1 aliphatic heterocycles. The van der Waals surface area contributed by atoms with Gasteiger partial charge in [-0.2, -0.15) is 5.10 Å². The Morgan fingerprint density at radius 3 is 2.76 bits per heavy atom. The second-order valence-electron chi connectivity index (χ2n) is 6.73. The zero-order valence-corrected chi connectivity index (χ0v) is 17.1. The Kier molecular flexibility index (Phi) is 6.77. The molecule has 1 saturated heterocycles. The van der Waals surface area contributed by atoms with Crippen LogP contribution in [-0.2, 0) is 11.3 Å². The van der Waals surface area contributed by atoms with E-state index in [0.717, 1.165) is 24.0 Å². The lowest BCUT2D eigenvalue weighted by molar-refractivity contribution is -0.384. The van der Waals surface area contributed by atoms with Crippen molar-refractivity contribution in [3.8, 4) is 0 Å². The molecule has 0 N–H and O–H groups in total. The molecule has 1 aliphatic rings. The predicted octanol–water partition coefficient (Wildman–Crippen LogP) is 4.54. The van der Waals surface area contributed by atoms with E-state index in [1.807, 2.05) is 31.2 Å². The maximum Gasteiger partial charge on any atom is 0.270 e. The minimum atomic E-state index is -0.450. The van der Waals surface area contributed by atoms with Gasteiger partial charge in [0.05, 0.1) is 22.9 Å². The summed E-state index contributed by atoms with van der Waals surface area (Å²) in [5, 5.41) is 19.7. The molecule has 7 nitrogen and oxygen atoms in total. The van der Waals surface area contributed by atoms with Gasteiger partial charge >= 0.3 is 0 Å². The summed E-state index contributed by atoms with van der Waals surface area (Å²) < 4.78 is 0. The van der Waals surface area contributed by atoms with Crippen LogP contribution in [-0.4, -0.2) is 32.4 Å². The standard InChI is InChI=1S/C21H22N4O3S/c1-3-7-19-20(26)24(14-17-10-5-4-8-15(17)2)21(29-19)23-22-13-16-9-6-11-18(12-16)25(27)28/h4-6,8-13,19H,3,7,14H2,1-2H3/b22-13-,23-21-/t19-/m0/s1. The smallest absolute Gasteiger partial charge is 0.270 e. The molecule has 150 valence electrons. The molecule has 2 aromatic carbocycles. The lowest BCUT2D eigenvalue weighted by atomic mass is 10.1. The van der Waals surface area contributed by atoms with Crippen LogP contribution >= 0.6 is 11.8 Å². The fourth-order valence-electron chi connectivity index (χ4n) is 3.00. The van der Waals surface area contributed by atoms with E-state index in [1.54, 1.807) is 17.0 Å². The number of hydrogen-bond donors (Lipinski definition) is 0. The van der Waals surface area contributed by atoms with Crippen LogP contribution in [0.15, 0.2) is 58.7 Å². The largest absolute Gasteiger partial charge is 0.284 e. The fourth-order valence-corrected chi connectivity index (χ4v) is 4.21. The molecule has 0 radical (unpaired) electrons. The molecule has 0 aliphatic carbocycles. The minimum absolute atomic E-state index is 0.00351. The van der Waals surface area contributed by atoms with Gasteiger partial charge in [-0.25, -0.2) is 0 Å². The first kappa shape index (κ1) is 20.7. The first-order valence-electron chi connectivity index (χ1n) is 9.37. The molecule has 29 heavy (non-hydrogen) atoms. The van der Waals surface area contributed by atoms with Crippen molar-refractivity contribution in [2.45, 2.75) is 38.5 Å². The van der Waals surface area contributed by atoms with Crippen LogP contribution in [0, 0.1) is 17.0 Å². The van der Waals surface area contributed by atoms with E-state index in [4.69, 9.17) is 0 Å². The third kappa shape index (κ3) is 5.08. The summed E-state index contributed by atoms with van der Waals surface area (Å²) in [4.78, 5) is 25.0. The van der Waals surface area contributed by atoms with E-state index in [1.165, 1.54) is 30.1 Å². The van der Waals surface area contributed by atoms with Gasteiger partial charge < -0.3 is 0 Å². The van der Waals surface area contributed by atoms with Crippen molar-refractivity contribution in [1.82, 2.24) is 4.90 Å². The van der Waals surface area contributed by atoms with E-state index >= 15 is 0 Å². The third-order valence-corrected chi connectivity index (χ3v) is 5.83. The Bertz CT molecular complexity index is 974. The Morgan fingerprint density at radius 2 is 2.03 bits per heavy atom. The number of hydrogen-bond acceptors (Lipinski definition) is 6. The van der Waals surface area contributed by atoms with Gasteiger partial charge in [-0.15, -0.1) is 5.10 Å². The number of benzene rings is 2. The highest BCUT2D eigenvalue weighted by atomic mass is 32.2. The van der Waals surface area contributed by atoms with Crippen LogP contribution in [0.25, 0.3) is 0 Å². The molecule has 1 amide bonds. The van der Waals surface area contributed by atoms with Crippen molar-refractivity contribution in [3.63, 3.8) is 0 Å². The average Bonchev–Trinajstić information content (AvgIpc) is 2.99. The number of amides is 1. The Hall–Kier alpha value is -3.00. The number of nitro benzene ring substituents is 1. The molecule has 1 heterocycles. The zero-order chi connectivity index (χ0) is 20.8. The molecule has 0 spiro atoms. The Morgan fingerprint density at radius 1 is 1.24 bits per heavy atom. The van der Waals surface area contributed by atoms with Gasteiger partial charge in [0.1, 0.15) is 0 Å². The summed E-state index contributed by atoms with van der Waals surface area (Å²) in [7, 11) is 0. The topological polar surface area (TPSA) is 88.2 Å². The molecule has 0 aromatic heterocycles. The summed E-state index contributed by atoms with van der Waals surface area (Å²) in [5.41, 5.74) is 2.75. The number of non-ortho nitro benzene ring substituents is 1. The van der Waals surface area contributed by atoms with Crippen LogP contribution in [0.4, 0.5) is 5.69 Å². The number of carbonyl (C=O) groups excluding carboxylic acids is 1. The molecular weight excluding hydrogens is 388 g/mol. The molecule has 1 atom stereocenters. The number of rotatable bonds is 7. The number of amidine groups is 1. The van der Waals surface area contributed by atoms with Gasteiger partial charge in [-0.05, 0) is 24.5 Å². The van der Waals surface area contributed by atoms with Crippen molar-refractivity contribution in [2.75, 3.05) is 0 Å². The van der Waals surface area contributed by atoms with E-state index in [2.05, 4.69) is 17.1 Å². The van der Waals surface area contributed by atoms with E-state index < -0.39 is 4.92 Å².